The Labute approximate surface area is 126 Å². The smallest absolute Gasteiger partial charge is 0.264 e. The van der Waals surface area contributed by atoms with Crippen LogP contribution in [0.1, 0.15) is 0 Å². The van der Waals surface area contributed by atoms with Crippen LogP contribution in [0.25, 0.3) is 11.0 Å². The van der Waals surface area contributed by atoms with Crippen molar-refractivity contribution >= 4 is 28.3 Å². The van der Waals surface area contributed by atoms with Gasteiger partial charge in [0.15, 0.2) is 5.65 Å². The van der Waals surface area contributed by atoms with E-state index in [9.17, 15) is 4.79 Å². The quantitative estimate of drug-likeness (QED) is 0.799. The SMILES string of the molecule is Cn1ncc2c(=O)n(CCNc3cccc(Cl)c3)cnc21. The van der Waals surface area contributed by atoms with Crippen LogP contribution >= 0.6 is 11.6 Å². The highest BCUT2D eigenvalue weighted by atomic mass is 35.5. The van der Waals surface area contributed by atoms with Crippen LogP contribution in [0.4, 0.5) is 5.69 Å². The second-order valence-electron chi connectivity index (χ2n) is 4.69. The molecule has 1 N–H and O–H groups in total. The second-order valence-corrected chi connectivity index (χ2v) is 5.12. The molecular weight excluding hydrogens is 290 g/mol. The van der Waals surface area contributed by atoms with Gasteiger partial charge in [0.25, 0.3) is 5.56 Å². The average Bonchev–Trinajstić information content (AvgIpc) is 2.84. The Balaban J connectivity index is 1.74. The molecule has 0 bridgehead atoms. The van der Waals surface area contributed by atoms with Crippen molar-refractivity contribution in [2.45, 2.75) is 6.54 Å². The first kappa shape index (κ1) is 13.6. The van der Waals surface area contributed by atoms with Crippen LogP contribution in [0.2, 0.25) is 5.02 Å². The molecule has 0 unspecified atom stereocenters. The van der Waals surface area contributed by atoms with Crippen molar-refractivity contribution in [2.24, 2.45) is 7.05 Å². The summed E-state index contributed by atoms with van der Waals surface area (Å²) >= 11 is 5.92. The topological polar surface area (TPSA) is 64.7 Å². The van der Waals surface area contributed by atoms with Gasteiger partial charge >= 0.3 is 0 Å². The molecule has 0 amide bonds. The normalized spacial score (nSPS) is 11.0. The van der Waals surface area contributed by atoms with Crippen molar-refractivity contribution in [3.63, 3.8) is 0 Å². The number of benzene rings is 1. The minimum absolute atomic E-state index is 0.0824. The summed E-state index contributed by atoms with van der Waals surface area (Å²) in [5.74, 6) is 0. The predicted molar refractivity (Wildman–Crippen MR) is 82.7 cm³/mol. The zero-order valence-electron chi connectivity index (χ0n) is 11.5. The second kappa shape index (κ2) is 5.57. The summed E-state index contributed by atoms with van der Waals surface area (Å²) in [6.07, 6.45) is 3.09. The van der Waals surface area contributed by atoms with Crippen molar-refractivity contribution in [1.29, 1.82) is 0 Å². The molecule has 108 valence electrons. The number of halogens is 1. The molecular formula is C14H14ClN5O. The highest BCUT2D eigenvalue weighted by Crippen LogP contribution is 2.14. The van der Waals surface area contributed by atoms with Gasteiger partial charge in [0.2, 0.25) is 0 Å². The van der Waals surface area contributed by atoms with Crippen LogP contribution < -0.4 is 10.9 Å². The van der Waals surface area contributed by atoms with Crippen molar-refractivity contribution < 1.29 is 0 Å². The van der Waals surface area contributed by atoms with E-state index in [0.717, 1.165) is 5.69 Å². The van der Waals surface area contributed by atoms with Gasteiger partial charge in [-0.25, -0.2) is 4.98 Å². The predicted octanol–water partition coefficient (Wildman–Crippen LogP) is 1.90. The first-order chi connectivity index (χ1) is 10.1. The molecule has 3 rings (SSSR count). The first-order valence-corrected chi connectivity index (χ1v) is 6.89. The third kappa shape index (κ3) is 2.75. The molecule has 0 aliphatic heterocycles. The maximum atomic E-state index is 12.3. The Bertz CT molecular complexity index is 839. The van der Waals surface area contributed by atoms with Gasteiger partial charge in [-0.15, -0.1) is 0 Å². The molecule has 7 heteroatoms. The highest BCUT2D eigenvalue weighted by molar-refractivity contribution is 6.30. The molecule has 0 spiro atoms. The molecule has 0 saturated heterocycles. The van der Waals surface area contributed by atoms with E-state index in [0.29, 0.717) is 29.1 Å². The maximum absolute atomic E-state index is 12.3. The van der Waals surface area contributed by atoms with E-state index in [1.54, 1.807) is 28.8 Å². The van der Waals surface area contributed by atoms with Crippen LogP contribution in [-0.2, 0) is 13.6 Å². The van der Waals surface area contributed by atoms with E-state index < -0.39 is 0 Å². The number of nitrogens with zero attached hydrogens (tertiary/aromatic N) is 4. The van der Waals surface area contributed by atoms with Gasteiger partial charge in [0.05, 0.1) is 6.20 Å². The molecule has 1 aromatic carbocycles. The molecule has 6 nitrogen and oxygen atoms in total. The molecule has 0 aliphatic rings. The number of aryl methyl sites for hydroxylation is 1. The van der Waals surface area contributed by atoms with Gasteiger partial charge in [-0.3, -0.25) is 14.0 Å². The number of anilines is 1. The highest BCUT2D eigenvalue weighted by Gasteiger charge is 2.07. The minimum Gasteiger partial charge on any atom is -0.383 e. The van der Waals surface area contributed by atoms with E-state index in [1.807, 2.05) is 24.3 Å². The monoisotopic (exact) mass is 303 g/mol. The summed E-state index contributed by atoms with van der Waals surface area (Å²) in [5.41, 5.74) is 1.44. The molecule has 0 aliphatic carbocycles. The Kier molecular flexibility index (Phi) is 3.62. The lowest BCUT2D eigenvalue weighted by Gasteiger charge is -2.08. The number of aromatic nitrogens is 4. The number of nitrogens with one attached hydrogen (secondary N) is 1. The van der Waals surface area contributed by atoms with Crippen LogP contribution in [0.15, 0.2) is 41.6 Å². The van der Waals surface area contributed by atoms with Gasteiger partial charge in [-0.05, 0) is 18.2 Å². The van der Waals surface area contributed by atoms with Gasteiger partial charge in [-0.2, -0.15) is 5.10 Å². The Hall–Kier alpha value is -2.34. The van der Waals surface area contributed by atoms with Crippen LogP contribution in [0, 0.1) is 0 Å². The average molecular weight is 304 g/mol. The molecule has 0 atom stereocenters. The maximum Gasteiger partial charge on any atom is 0.264 e. The minimum atomic E-state index is -0.0824. The lowest BCUT2D eigenvalue weighted by Crippen LogP contribution is -2.24. The standard InChI is InChI=1S/C14H14ClN5O/c1-19-13-12(8-18-19)14(21)20(9-17-13)6-5-16-11-4-2-3-10(15)7-11/h2-4,7-9,16H,5-6H2,1H3. The van der Waals surface area contributed by atoms with E-state index in [1.165, 1.54) is 0 Å². The zero-order chi connectivity index (χ0) is 14.8. The summed E-state index contributed by atoms with van der Waals surface area (Å²) in [5, 5.41) is 8.47. The van der Waals surface area contributed by atoms with Crippen molar-refractivity contribution in [1.82, 2.24) is 19.3 Å². The van der Waals surface area contributed by atoms with E-state index in [-0.39, 0.29) is 5.56 Å². The van der Waals surface area contributed by atoms with E-state index >= 15 is 0 Å². The fourth-order valence-electron chi connectivity index (χ4n) is 2.14. The third-order valence-electron chi connectivity index (χ3n) is 3.22. The zero-order valence-corrected chi connectivity index (χ0v) is 12.2. The Morgan fingerprint density at radius 2 is 2.24 bits per heavy atom. The number of hydrogen-bond acceptors (Lipinski definition) is 4. The van der Waals surface area contributed by atoms with Gasteiger partial charge in [0, 0.05) is 30.8 Å². The van der Waals surface area contributed by atoms with Crippen LogP contribution in [-0.4, -0.2) is 25.9 Å². The lowest BCUT2D eigenvalue weighted by atomic mass is 10.3. The van der Waals surface area contributed by atoms with E-state index in [4.69, 9.17) is 11.6 Å². The summed E-state index contributed by atoms with van der Waals surface area (Å²) in [6.45, 7) is 1.12. The van der Waals surface area contributed by atoms with Crippen molar-refractivity contribution in [3.8, 4) is 0 Å². The molecule has 0 saturated carbocycles. The van der Waals surface area contributed by atoms with Gasteiger partial charge in [-0.1, -0.05) is 17.7 Å². The first-order valence-electron chi connectivity index (χ1n) is 6.52. The molecule has 2 heterocycles. The Morgan fingerprint density at radius 3 is 3.05 bits per heavy atom. The Morgan fingerprint density at radius 1 is 1.38 bits per heavy atom. The molecule has 0 fully saturated rings. The summed E-state index contributed by atoms with van der Waals surface area (Å²) < 4.78 is 3.16. The molecule has 2 aromatic heterocycles. The summed E-state index contributed by atoms with van der Waals surface area (Å²) in [4.78, 5) is 16.5. The van der Waals surface area contributed by atoms with E-state index in [2.05, 4.69) is 15.4 Å². The van der Waals surface area contributed by atoms with Gasteiger partial charge < -0.3 is 5.32 Å². The van der Waals surface area contributed by atoms with Crippen LogP contribution in [0.5, 0.6) is 0 Å². The number of hydrogen-bond donors (Lipinski definition) is 1. The summed E-state index contributed by atoms with van der Waals surface area (Å²) in [7, 11) is 1.76. The number of rotatable bonds is 4. The van der Waals surface area contributed by atoms with Gasteiger partial charge in [0.1, 0.15) is 11.7 Å². The third-order valence-corrected chi connectivity index (χ3v) is 3.46. The fraction of sp³-hybridized carbons (Fsp3) is 0.214. The molecule has 0 radical (unpaired) electrons. The largest absolute Gasteiger partial charge is 0.383 e. The number of fused-ring (bicyclic) bond motifs is 1. The summed E-state index contributed by atoms with van der Waals surface area (Å²) in [6, 6.07) is 7.46. The van der Waals surface area contributed by atoms with Crippen molar-refractivity contribution in [2.75, 3.05) is 11.9 Å². The van der Waals surface area contributed by atoms with Crippen molar-refractivity contribution in [3.05, 3.63) is 52.2 Å². The fourth-order valence-corrected chi connectivity index (χ4v) is 2.34. The molecule has 21 heavy (non-hydrogen) atoms. The van der Waals surface area contributed by atoms with Crippen LogP contribution in [0.3, 0.4) is 0 Å². The molecule has 3 aromatic rings. The lowest BCUT2D eigenvalue weighted by molar-refractivity contribution is 0.686.